The van der Waals surface area contributed by atoms with Crippen molar-refractivity contribution in [3.8, 4) is 11.8 Å². The summed E-state index contributed by atoms with van der Waals surface area (Å²) in [5.41, 5.74) is 2.48. The quantitative estimate of drug-likeness (QED) is 0.797. The number of rotatable bonds is 5. The van der Waals surface area contributed by atoms with Crippen LogP contribution in [0.1, 0.15) is 43.7 Å². The molecule has 0 spiro atoms. The summed E-state index contributed by atoms with van der Waals surface area (Å²) >= 11 is 0. The van der Waals surface area contributed by atoms with E-state index < -0.39 is 26.7 Å². The zero-order valence-electron chi connectivity index (χ0n) is 14.7. The standard InChI is InChI=1S/C19H21NO5S/c1-19(18(21)22,26(2,23)24)12-16-11-17(20-25-16)15-9-7-14(8-10-15)6-5-13-3-4-13/h7-10,13,16H,3-4,11-12H2,1-2H3,(H,21,22)/t16-,19-/m1/s1. The van der Waals surface area contributed by atoms with E-state index in [2.05, 4.69) is 17.0 Å². The number of carbonyl (C=O) groups is 1. The number of carboxylic acids is 1. The van der Waals surface area contributed by atoms with Gasteiger partial charge in [0.2, 0.25) is 0 Å². The highest BCUT2D eigenvalue weighted by molar-refractivity contribution is 7.92. The molecule has 3 rings (SSSR count). The van der Waals surface area contributed by atoms with Crippen LogP contribution >= 0.6 is 0 Å². The molecule has 0 unspecified atom stereocenters. The summed E-state index contributed by atoms with van der Waals surface area (Å²) in [4.78, 5) is 16.8. The van der Waals surface area contributed by atoms with Crippen molar-refractivity contribution in [2.45, 2.75) is 43.5 Å². The second-order valence-corrected chi connectivity index (χ2v) is 9.55. The molecule has 1 saturated carbocycles. The van der Waals surface area contributed by atoms with Gasteiger partial charge in [-0.05, 0) is 37.5 Å². The Hall–Kier alpha value is -2.33. The molecule has 26 heavy (non-hydrogen) atoms. The van der Waals surface area contributed by atoms with Crippen LogP contribution in [0.2, 0.25) is 0 Å². The molecule has 6 nitrogen and oxygen atoms in total. The molecule has 0 amide bonds. The molecule has 0 saturated heterocycles. The van der Waals surface area contributed by atoms with Crippen LogP contribution in [0.15, 0.2) is 29.4 Å². The van der Waals surface area contributed by atoms with Gasteiger partial charge in [-0.1, -0.05) is 29.1 Å². The molecule has 0 aromatic heterocycles. The van der Waals surface area contributed by atoms with E-state index in [-0.39, 0.29) is 6.42 Å². The Kier molecular flexibility index (Phi) is 4.80. The van der Waals surface area contributed by atoms with Crippen LogP contribution in [0.3, 0.4) is 0 Å². The zero-order chi connectivity index (χ0) is 18.9. The largest absolute Gasteiger partial charge is 0.480 e. The number of carboxylic acid groups (broad SMARTS) is 1. The van der Waals surface area contributed by atoms with Crippen LogP contribution in [0, 0.1) is 17.8 Å². The number of oxime groups is 1. The minimum Gasteiger partial charge on any atom is -0.480 e. The number of benzene rings is 1. The summed E-state index contributed by atoms with van der Waals surface area (Å²) in [7, 11) is -3.79. The highest BCUT2D eigenvalue weighted by Gasteiger charge is 2.47. The van der Waals surface area contributed by atoms with E-state index in [1.807, 2.05) is 24.3 Å². The summed E-state index contributed by atoms with van der Waals surface area (Å²) in [6.07, 6.45) is 2.92. The van der Waals surface area contributed by atoms with Crippen LogP contribution < -0.4 is 0 Å². The zero-order valence-corrected chi connectivity index (χ0v) is 15.5. The Morgan fingerprint density at radius 2 is 2.00 bits per heavy atom. The lowest BCUT2D eigenvalue weighted by Crippen LogP contribution is -2.45. The van der Waals surface area contributed by atoms with Gasteiger partial charge in [-0.25, -0.2) is 8.42 Å². The smallest absolute Gasteiger partial charge is 0.324 e. The fourth-order valence-corrected chi connectivity index (χ4v) is 3.50. The van der Waals surface area contributed by atoms with E-state index in [9.17, 15) is 18.3 Å². The second-order valence-electron chi connectivity index (χ2n) is 7.10. The molecular formula is C19H21NO5S. The maximum atomic E-state index is 11.9. The van der Waals surface area contributed by atoms with Crippen molar-refractivity contribution in [1.29, 1.82) is 0 Å². The average molecular weight is 375 g/mol. The van der Waals surface area contributed by atoms with Gasteiger partial charge in [0.25, 0.3) is 0 Å². The molecule has 1 N–H and O–H groups in total. The first-order chi connectivity index (χ1) is 12.2. The van der Waals surface area contributed by atoms with E-state index in [0.29, 0.717) is 18.1 Å². The number of aliphatic carboxylic acids is 1. The SMILES string of the molecule is C[C@@](C[C@H]1CC(c2ccc(C#CC3CC3)cc2)=NO1)(C(=O)O)S(C)(=O)=O. The number of hydrogen-bond donors (Lipinski definition) is 1. The molecule has 138 valence electrons. The molecule has 2 aliphatic rings. The fraction of sp³-hybridized carbons (Fsp3) is 0.474. The Bertz CT molecular complexity index is 903. The molecular weight excluding hydrogens is 354 g/mol. The van der Waals surface area contributed by atoms with E-state index in [4.69, 9.17) is 4.84 Å². The van der Waals surface area contributed by atoms with Crippen molar-refractivity contribution < 1.29 is 23.2 Å². The van der Waals surface area contributed by atoms with E-state index in [1.54, 1.807) is 0 Å². The third kappa shape index (κ3) is 3.91. The first kappa shape index (κ1) is 18.5. The molecule has 1 aliphatic carbocycles. The molecule has 1 aliphatic heterocycles. The molecule has 1 fully saturated rings. The first-order valence-electron chi connectivity index (χ1n) is 8.47. The lowest BCUT2D eigenvalue weighted by Gasteiger charge is -2.24. The van der Waals surface area contributed by atoms with Crippen molar-refractivity contribution in [3.63, 3.8) is 0 Å². The summed E-state index contributed by atoms with van der Waals surface area (Å²) in [6.45, 7) is 1.21. The van der Waals surface area contributed by atoms with Gasteiger partial charge in [0.1, 0.15) is 6.10 Å². The molecule has 2 atom stereocenters. The summed E-state index contributed by atoms with van der Waals surface area (Å²) in [6, 6.07) is 7.62. The third-order valence-corrected chi connectivity index (χ3v) is 6.82. The van der Waals surface area contributed by atoms with Crippen LogP contribution in [-0.4, -0.2) is 42.3 Å². The monoisotopic (exact) mass is 375 g/mol. The Balaban J connectivity index is 1.66. The topological polar surface area (TPSA) is 93.0 Å². The van der Waals surface area contributed by atoms with Crippen molar-refractivity contribution in [2.75, 3.05) is 6.26 Å². The van der Waals surface area contributed by atoms with Crippen molar-refractivity contribution >= 4 is 21.5 Å². The van der Waals surface area contributed by atoms with E-state index >= 15 is 0 Å². The van der Waals surface area contributed by atoms with Gasteiger partial charge in [-0.15, -0.1) is 0 Å². The Morgan fingerprint density at radius 1 is 1.35 bits per heavy atom. The predicted octanol–water partition coefficient (Wildman–Crippen LogP) is 2.22. The van der Waals surface area contributed by atoms with E-state index in [1.165, 1.54) is 19.8 Å². The number of hydrogen-bond acceptors (Lipinski definition) is 5. The van der Waals surface area contributed by atoms with Gasteiger partial charge < -0.3 is 9.94 Å². The van der Waals surface area contributed by atoms with Crippen molar-refractivity contribution in [3.05, 3.63) is 35.4 Å². The molecule has 1 aromatic carbocycles. The normalized spacial score (nSPS) is 21.8. The fourth-order valence-electron chi connectivity index (χ4n) is 2.70. The van der Waals surface area contributed by atoms with Crippen molar-refractivity contribution in [2.24, 2.45) is 11.1 Å². The summed E-state index contributed by atoms with van der Waals surface area (Å²) in [5, 5.41) is 13.4. The first-order valence-corrected chi connectivity index (χ1v) is 10.4. The lowest BCUT2D eigenvalue weighted by atomic mass is 9.97. The van der Waals surface area contributed by atoms with Gasteiger partial charge in [0, 0.05) is 30.6 Å². The van der Waals surface area contributed by atoms with Gasteiger partial charge in [-0.2, -0.15) is 0 Å². The molecule has 1 heterocycles. The number of nitrogens with zero attached hydrogens (tertiary/aromatic N) is 1. The van der Waals surface area contributed by atoms with Gasteiger partial charge >= 0.3 is 5.97 Å². The summed E-state index contributed by atoms with van der Waals surface area (Å²) < 4.78 is 21.9. The predicted molar refractivity (Wildman–Crippen MR) is 97.6 cm³/mol. The maximum Gasteiger partial charge on any atom is 0.324 e. The lowest BCUT2D eigenvalue weighted by molar-refractivity contribution is -0.140. The molecule has 1 aromatic rings. The third-order valence-electron chi connectivity index (χ3n) is 4.84. The van der Waals surface area contributed by atoms with Crippen LogP contribution in [0.25, 0.3) is 0 Å². The van der Waals surface area contributed by atoms with Crippen molar-refractivity contribution in [1.82, 2.24) is 0 Å². The van der Waals surface area contributed by atoms with Crippen LogP contribution in [0.4, 0.5) is 0 Å². The molecule has 0 bridgehead atoms. The van der Waals surface area contributed by atoms with Gasteiger partial charge in [-0.3, -0.25) is 4.79 Å². The summed E-state index contributed by atoms with van der Waals surface area (Å²) in [5.74, 6) is 5.51. The highest BCUT2D eigenvalue weighted by Crippen LogP contribution is 2.30. The Labute approximate surface area is 153 Å². The highest BCUT2D eigenvalue weighted by atomic mass is 32.2. The minimum atomic E-state index is -3.79. The molecule has 7 heteroatoms. The van der Waals surface area contributed by atoms with Gasteiger partial charge in [0.15, 0.2) is 14.6 Å². The minimum absolute atomic E-state index is 0.154. The maximum absolute atomic E-state index is 11.9. The van der Waals surface area contributed by atoms with Gasteiger partial charge in [0.05, 0.1) is 5.71 Å². The second kappa shape index (κ2) is 6.76. The van der Waals surface area contributed by atoms with Crippen LogP contribution in [-0.2, 0) is 19.5 Å². The Morgan fingerprint density at radius 3 is 2.54 bits per heavy atom. The number of sulfone groups is 1. The molecule has 0 radical (unpaired) electrons. The average Bonchev–Trinajstić information content (AvgIpc) is 3.30. The van der Waals surface area contributed by atoms with Crippen LogP contribution in [0.5, 0.6) is 0 Å². The van der Waals surface area contributed by atoms with E-state index in [0.717, 1.165) is 17.4 Å².